The molecule has 0 fully saturated rings. The molecule has 15 heavy (non-hydrogen) atoms. The lowest BCUT2D eigenvalue weighted by atomic mass is 10.1. The summed E-state index contributed by atoms with van der Waals surface area (Å²) in [6.07, 6.45) is -4.57. The number of para-hydroxylation sites is 1. The molecule has 0 radical (unpaired) electrons. The number of rotatable bonds is 2. The minimum Gasteiger partial charge on any atom is -0.496 e. The fourth-order valence-electron chi connectivity index (χ4n) is 1.21. The molecule has 1 aromatic rings. The van der Waals surface area contributed by atoms with Gasteiger partial charge in [-0.15, -0.1) is 0 Å². The fraction of sp³-hybridized carbons (Fsp3) is 0.300. The highest BCUT2D eigenvalue weighted by molar-refractivity contribution is 5.38. The van der Waals surface area contributed by atoms with Crippen LogP contribution in [0.4, 0.5) is 13.2 Å². The van der Waals surface area contributed by atoms with Crippen molar-refractivity contribution in [3.8, 4) is 5.75 Å². The average molecular weight is 215 g/mol. The quantitative estimate of drug-likeness (QED) is 0.690. The molecule has 0 aliphatic carbocycles. The lowest BCUT2D eigenvalue weighted by Crippen LogP contribution is -2.18. The van der Waals surface area contributed by atoms with Crippen LogP contribution in [0.5, 0.6) is 5.75 Å². The average Bonchev–Trinajstić information content (AvgIpc) is 2.17. The van der Waals surface area contributed by atoms with Gasteiger partial charge in [0, 0.05) is 0 Å². The summed E-state index contributed by atoms with van der Waals surface area (Å²) >= 11 is 0. The SMILES string of the molecule is [C-]#[N+]C(c1ccccc1OC)C(F)(F)F. The van der Waals surface area contributed by atoms with Crippen LogP contribution in [0, 0.1) is 6.57 Å². The van der Waals surface area contributed by atoms with Crippen molar-refractivity contribution in [2.45, 2.75) is 12.2 Å². The summed E-state index contributed by atoms with van der Waals surface area (Å²) in [5.41, 5.74) is -0.150. The minimum absolute atomic E-state index is 0.0795. The summed E-state index contributed by atoms with van der Waals surface area (Å²) in [6, 6.07) is 3.49. The molecule has 1 unspecified atom stereocenters. The molecule has 1 rings (SSSR count). The number of hydrogen-bond donors (Lipinski definition) is 0. The molecule has 0 aliphatic rings. The highest BCUT2D eigenvalue weighted by atomic mass is 19.4. The zero-order valence-corrected chi connectivity index (χ0v) is 7.88. The van der Waals surface area contributed by atoms with E-state index in [-0.39, 0.29) is 11.3 Å². The second-order valence-electron chi connectivity index (χ2n) is 2.82. The molecular weight excluding hydrogens is 207 g/mol. The summed E-state index contributed by atoms with van der Waals surface area (Å²) in [5, 5.41) is 0. The first kappa shape index (κ1) is 11.4. The first-order chi connectivity index (χ1) is 7.00. The highest BCUT2D eigenvalue weighted by Crippen LogP contribution is 2.39. The van der Waals surface area contributed by atoms with Gasteiger partial charge in [-0.3, -0.25) is 4.85 Å². The Bertz CT molecular complexity index is 381. The van der Waals surface area contributed by atoms with Gasteiger partial charge in [-0.05, 0) is 12.1 Å². The molecule has 0 aliphatic heterocycles. The summed E-state index contributed by atoms with van der Waals surface area (Å²) in [4.78, 5) is 2.58. The van der Waals surface area contributed by atoms with E-state index in [0.717, 1.165) is 0 Å². The molecule has 0 aromatic heterocycles. The predicted molar refractivity (Wildman–Crippen MR) is 48.4 cm³/mol. The zero-order chi connectivity index (χ0) is 11.5. The van der Waals surface area contributed by atoms with Gasteiger partial charge >= 0.3 is 12.2 Å². The van der Waals surface area contributed by atoms with Crippen molar-refractivity contribution >= 4 is 0 Å². The summed E-state index contributed by atoms with van der Waals surface area (Å²) in [5.74, 6) is 0.0795. The fourth-order valence-corrected chi connectivity index (χ4v) is 1.21. The summed E-state index contributed by atoms with van der Waals surface area (Å²) < 4.78 is 42.1. The molecule has 0 N–H and O–H groups in total. The molecule has 1 aromatic carbocycles. The van der Waals surface area contributed by atoms with E-state index in [0.29, 0.717) is 0 Å². The molecule has 0 amide bonds. The normalized spacial score (nSPS) is 13.0. The maximum atomic E-state index is 12.5. The van der Waals surface area contributed by atoms with E-state index in [9.17, 15) is 13.2 Å². The predicted octanol–water partition coefficient (Wildman–Crippen LogP) is 3.22. The van der Waals surface area contributed by atoms with Gasteiger partial charge in [0.1, 0.15) is 5.75 Å². The lowest BCUT2D eigenvalue weighted by Gasteiger charge is -2.12. The number of methoxy groups -OCH3 is 1. The van der Waals surface area contributed by atoms with Gasteiger partial charge in [0.2, 0.25) is 0 Å². The molecule has 80 valence electrons. The Morgan fingerprint density at radius 1 is 1.33 bits per heavy atom. The van der Waals surface area contributed by atoms with Crippen molar-refractivity contribution in [2.24, 2.45) is 0 Å². The molecule has 2 nitrogen and oxygen atoms in total. The maximum Gasteiger partial charge on any atom is 0.470 e. The van der Waals surface area contributed by atoms with Crippen molar-refractivity contribution in [3.05, 3.63) is 41.2 Å². The Kier molecular flexibility index (Phi) is 3.20. The Hall–Kier alpha value is -1.70. The smallest absolute Gasteiger partial charge is 0.470 e. The van der Waals surface area contributed by atoms with Crippen molar-refractivity contribution < 1.29 is 17.9 Å². The van der Waals surface area contributed by atoms with Crippen LogP contribution in [0.25, 0.3) is 4.85 Å². The number of nitrogens with zero attached hydrogens (tertiary/aromatic N) is 1. The Balaban J connectivity index is 3.20. The van der Waals surface area contributed by atoms with E-state index in [4.69, 9.17) is 11.3 Å². The van der Waals surface area contributed by atoms with Gasteiger partial charge in [-0.2, -0.15) is 13.2 Å². The van der Waals surface area contributed by atoms with Crippen molar-refractivity contribution in [2.75, 3.05) is 7.11 Å². The van der Waals surface area contributed by atoms with Crippen LogP contribution >= 0.6 is 0 Å². The van der Waals surface area contributed by atoms with Crippen LogP contribution in [-0.2, 0) is 0 Å². The first-order valence-electron chi connectivity index (χ1n) is 4.07. The van der Waals surface area contributed by atoms with Gasteiger partial charge in [-0.25, -0.2) is 6.57 Å². The van der Waals surface area contributed by atoms with Crippen LogP contribution in [0.1, 0.15) is 11.6 Å². The highest BCUT2D eigenvalue weighted by Gasteiger charge is 2.48. The number of halogens is 3. The van der Waals surface area contributed by atoms with Gasteiger partial charge in [0.15, 0.2) is 0 Å². The zero-order valence-electron chi connectivity index (χ0n) is 7.88. The number of alkyl halides is 3. The van der Waals surface area contributed by atoms with Gasteiger partial charge in [0.25, 0.3) is 0 Å². The van der Waals surface area contributed by atoms with Crippen LogP contribution in [-0.4, -0.2) is 13.3 Å². The molecule has 0 heterocycles. The summed E-state index contributed by atoms with van der Waals surface area (Å²) in [7, 11) is 1.27. The van der Waals surface area contributed by atoms with Gasteiger partial charge in [-0.1, -0.05) is 12.1 Å². The van der Waals surface area contributed by atoms with Crippen LogP contribution in [0.3, 0.4) is 0 Å². The molecule has 0 bridgehead atoms. The standard InChI is InChI=1S/C10H8F3NO/c1-14-9(10(11,12)13)7-5-3-4-6-8(7)15-2/h3-6,9H,2H3. The van der Waals surface area contributed by atoms with E-state index in [1.54, 1.807) is 6.07 Å². The third-order valence-corrected chi connectivity index (χ3v) is 1.87. The van der Waals surface area contributed by atoms with Crippen molar-refractivity contribution in [1.29, 1.82) is 0 Å². The van der Waals surface area contributed by atoms with Crippen molar-refractivity contribution in [1.82, 2.24) is 0 Å². The van der Waals surface area contributed by atoms with E-state index in [1.165, 1.54) is 25.3 Å². The molecule has 0 saturated heterocycles. The lowest BCUT2D eigenvalue weighted by molar-refractivity contribution is -0.140. The molecule has 0 saturated carbocycles. The molecule has 1 atom stereocenters. The monoisotopic (exact) mass is 215 g/mol. The topological polar surface area (TPSA) is 13.6 Å². The first-order valence-corrected chi connectivity index (χ1v) is 4.07. The second-order valence-corrected chi connectivity index (χ2v) is 2.82. The molecular formula is C10H8F3NO. The van der Waals surface area contributed by atoms with Gasteiger partial charge < -0.3 is 4.74 Å². The van der Waals surface area contributed by atoms with Gasteiger partial charge in [0.05, 0.1) is 12.7 Å². The Labute approximate surface area is 85.1 Å². The van der Waals surface area contributed by atoms with Crippen LogP contribution in [0.15, 0.2) is 24.3 Å². The number of ether oxygens (including phenoxy) is 1. The van der Waals surface area contributed by atoms with E-state index in [1.807, 2.05) is 0 Å². The van der Waals surface area contributed by atoms with E-state index in [2.05, 4.69) is 4.85 Å². The Morgan fingerprint density at radius 2 is 1.93 bits per heavy atom. The van der Waals surface area contributed by atoms with Crippen LogP contribution < -0.4 is 4.74 Å². The molecule has 0 spiro atoms. The Morgan fingerprint density at radius 3 is 2.40 bits per heavy atom. The van der Waals surface area contributed by atoms with E-state index >= 15 is 0 Å². The second kappa shape index (κ2) is 4.22. The number of hydrogen-bond acceptors (Lipinski definition) is 1. The van der Waals surface area contributed by atoms with Crippen LogP contribution in [0.2, 0.25) is 0 Å². The largest absolute Gasteiger partial charge is 0.496 e. The third kappa shape index (κ3) is 2.40. The minimum atomic E-state index is -4.57. The molecule has 5 heteroatoms. The third-order valence-electron chi connectivity index (χ3n) is 1.87. The van der Waals surface area contributed by atoms with E-state index < -0.39 is 12.2 Å². The van der Waals surface area contributed by atoms with Crippen molar-refractivity contribution in [3.63, 3.8) is 0 Å². The maximum absolute atomic E-state index is 12.5. The number of benzene rings is 1. The summed E-state index contributed by atoms with van der Waals surface area (Å²) in [6.45, 7) is 6.57.